The fourth-order valence-corrected chi connectivity index (χ4v) is 16.1. The summed E-state index contributed by atoms with van der Waals surface area (Å²) in [5, 5.41) is 10.8. The van der Waals surface area contributed by atoms with Gasteiger partial charge in [0.05, 0.1) is 56.5 Å². The van der Waals surface area contributed by atoms with Gasteiger partial charge in [-0.3, -0.25) is 17.7 Å². The number of carbonyl (C=O) groups excluding carboxylic acids is 5. The average Bonchev–Trinajstić information content (AvgIpc) is 1.70. The summed E-state index contributed by atoms with van der Waals surface area (Å²) in [5.74, 6) is -0.180. The number of unbranched alkanes of at least 4 members (excludes halogenated alkanes) is 9. The SMILES string of the molecule is CCCCCCCNC1c2ccccc2N(C)S(=O)(=O)c2cc(Br)ccc21.CCCCCCCNC1c2ccccc2N(C)S(=O)(=O)c2cc(C)ccc21.CCOC(=O)CCCCNC1c2ccccc2N(C)S(=O)(=O)c2cc(C)ccc21.O=C=O.O=C=O. The van der Waals surface area contributed by atoms with E-state index in [1.165, 1.54) is 64.3 Å². The summed E-state index contributed by atoms with van der Waals surface area (Å²) in [6.45, 7) is 12.9. The predicted molar refractivity (Wildman–Crippen MR) is 350 cm³/mol. The normalized spacial score (nSPS) is 16.6. The van der Waals surface area contributed by atoms with Crippen molar-refractivity contribution in [2.45, 2.75) is 151 Å². The van der Waals surface area contributed by atoms with Crippen LogP contribution in [0.2, 0.25) is 0 Å². The van der Waals surface area contributed by atoms with Crippen LogP contribution >= 0.6 is 15.9 Å². The van der Waals surface area contributed by atoms with Crippen molar-refractivity contribution in [1.82, 2.24) is 16.0 Å². The van der Waals surface area contributed by atoms with Gasteiger partial charge in [0.2, 0.25) is 0 Å². The number of esters is 1. The molecule has 0 bridgehead atoms. The molecule has 480 valence electrons. The molecular weight excluding hydrogens is 1260 g/mol. The first kappa shape index (κ1) is 72.9. The van der Waals surface area contributed by atoms with E-state index in [1.54, 1.807) is 46.3 Å². The topological polar surface area (TPSA) is 243 Å². The minimum Gasteiger partial charge on any atom is -0.466 e. The van der Waals surface area contributed by atoms with Crippen molar-refractivity contribution in [2.24, 2.45) is 0 Å². The molecule has 3 atom stereocenters. The molecule has 3 aliphatic heterocycles. The maximum Gasteiger partial charge on any atom is 0.373 e. The molecule has 9 rings (SSSR count). The Kier molecular flexibility index (Phi) is 29.1. The van der Waals surface area contributed by atoms with Crippen LogP contribution < -0.4 is 28.9 Å². The van der Waals surface area contributed by atoms with Crippen LogP contribution in [0.15, 0.2) is 147 Å². The number of hydrogen-bond donors (Lipinski definition) is 3. The number of benzene rings is 6. The summed E-state index contributed by atoms with van der Waals surface area (Å²) in [7, 11) is -5.95. The van der Waals surface area contributed by atoms with E-state index in [2.05, 4.69) is 45.7 Å². The Bertz CT molecular complexity index is 3570. The van der Waals surface area contributed by atoms with Crippen LogP contribution in [0, 0.1) is 13.8 Å². The molecule has 3 heterocycles. The standard InChI is InChI=1S/C22H28N2O4S.C22H30N2O2S.C21H27BrN2O2S.2CO2/c1-4-28-21(25)11-7-8-14-23-22-17-9-5-6-10-19(17)24(3)29(26,27)20-15-16(2)12-13-18(20)22;1-4-5-6-7-10-15-23-22-18-11-8-9-12-20(18)24(3)27(25,26)21-16-17(2)13-14-19(21)22;1-3-4-5-6-9-14-23-21-17-10-7-8-11-19(17)24(2)27(25,26)20-15-16(22)12-13-18(20)21;2*2-1-3/h5-6,9-10,12-13,15,22-23H,4,7-8,11,14H2,1-3H3;8-9,11-14,16,22-23H,4-7,10,15H2,1-3H3;7-8,10-13,15,21,23H,3-6,9,14H2,1-2H3;;. The lowest BCUT2D eigenvalue weighted by Gasteiger charge is -2.22. The largest absolute Gasteiger partial charge is 0.466 e. The van der Waals surface area contributed by atoms with Crippen LogP contribution in [0.4, 0.5) is 17.1 Å². The number of carbonyl (C=O) groups is 1. The monoisotopic (exact) mass is 1340 g/mol. The molecule has 6 aromatic carbocycles. The van der Waals surface area contributed by atoms with Crippen LogP contribution in [0.5, 0.6) is 0 Å². The fourth-order valence-electron chi connectivity index (χ4n) is 11.0. The molecule has 22 heteroatoms. The van der Waals surface area contributed by atoms with Crippen molar-refractivity contribution in [3.05, 3.63) is 176 Å². The summed E-state index contributed by atoms with van der Waals surface area (Å²) in [6, 6.07) is 39.5. The number of nitrogens with zero attached hydrogens (tertiary/aromatic N) is 3. The third-order valence-corrected chi connectivity index (χ3v) is 21.6. The van der Waals surface area contributed by atoms with Crippen LogP contribution in [-0.4, -0.2) is 90.9 Å². The molecule has 89 heavy (non-hydrogen) atoms. The van der Waals surface area contributed by atoms with E-state index >= 15 is 0 Å². The van der Waals surface area contributed by atoms with E-state index in [-0.39, 0.29) is 36.4 Å². The van der Waals surface area contributed by atoms with Gasteiger partial charge in [-0.2, -0.15) is 19.2 Å². The van der Waals surface area contributed by atoms with Crippen LogP contribution in [0.3, 0.4) is 0 Å². The Morgan fingerprint density at radius 2 is 0.764 bits per heavy atom. The average molecular weight is 1340 g/mol. The molecule has 3 unspecified atom stereocenters. The highest BCUT2D eigenvalue weighted by molar-refractivity contribution is 9.10. The number of nitrogens with one attached hydrogen (secondary N) is 3. The number of halogens is 1. The van der Waals surface area contributed by atoms with Crippen molar-refractivity contribution < 1.29 is 54.0 Å². The molecule has 18 nitrogen and oxygen atoms in total. The lowest BCUT2D eigenvalue weighted by molar-refractivity contribution is -0.193. The fraction of sp³-hybridized carbons (Fsp3) is 0.418. The van der Waals surface area contributed by atoms with Gasteiger partial charge in [-0.25, -0.2) is 25.3 Å². The number of rotatable bonds is 21. The Morgan fingerprint density at radius 1 is 0.449 bits per heavy atom. The van der Waals surface area contributed by atoms with Crippen molar-refractivity contribution in [3.8, 4) is 0 Å². The zero-order chi connectivity index (χ0) is 65.3. The van der Waals surface area contributed by atoms with E-state index in [9.17, 15) is 30.0 Å². The molecular formula is C67H85BrN6O12S3. The second kappa shape index (κ2) is 35.5. The summed E-state index contributed by atoms with van der Waals surface area (Å²) in [4.78, 5) is 45.1. The third kappa shape index (κ3) is 18.9. The number of sulfonamides is 3. The van der Waals surface area contributed by atoms with E-state index < -0.39 is 30.1 Å². The second-order valence-corrected chi connectivity index (χ2v) is 28.5. The molecule has 6 aromatic rings. The van der Waals surface area contributed by atoms with Gasteiger partial charge in [0.15, 0.2) is 0 Å². The van der Waals surface area contributed by atoms with Crippen molar-refractivity contribution in [2.75, 3.05) is 60.3 Å². The molecule has 0 spiro atoms. The van der Waals surface area contributed by atoms with Gasteiger partial charge in [-0.15, -0.1) is 0 Å². The quantitative estimate of drug-likeness (QED) is 0.0448. The van der Waals surface area contributed by atoms with Gasteiger partial charge in [0.25, 0.3) is 30.1 Å². The van der Waals surface area contributed by atoms with Crippen LogP contribution in [-0.2, 0) is 58.8 Å². The number of fused-ring (bicyclic) bond motifs is 6. The molecule has 3 N–H and O–H groups in total. The van der Waals surface area contributed by atoms with Crippen molar-refractivity contribution >= 4 is 81.3 Å². The first-order chi connectivity index (χ1) is 42.6. The molecule has 0 saturated carbocycles. The maximum absolute atomic E-state index is 13.2. The van der Waals surface area contributed by atoms with Gasteiger partial charge < -0.3 is 20.7 Å². The van der Waals surface area contributed by atoms with Gasteiger partial charge in [0, 0.05) is 32.0 Å². The molecule has 0 aromatic heterocycles. The number of para-hydroxylation sites is 3. The van der Waals surface area contributed by atoms with Crippen molar-refractivity contribution in [1.29, 1.82) is 0 Å². The minimum atomic E-state index is -3.65. The molecule has 0 fully saturated rings. The van der Waals surface area contributed by atoms with Gasteiger partial charge in [-0.05, 0) is 153 Å². The van der Waals surface area contributed by atoms with Crippen LogP contribution in [0.1, 0.15) is 167 Å². The summed E-state index contributed by atoms with van der Waals surface area (Å²) < 4.78 is 89.3. The van der Waals surface area contributed by atoms with Gasteiger partial charge >= 0.3 is 18.3 Å². The molecule has 0 amide bonds. The number of aryl methyl sites for hydroxylation is 2. The first-order valence-electron chi connectivity index (χ1n) is 30.2. The number of ether oxygens (including phenoxy) is 1. The number of anilines is 3. The van der Waals surface area contributed by atoms with Crippen molar-refractivity contribution in [3.63, 3.8) is 0 Å². The van der Waals surface area contributed by atoms with Gasteiger partial charge in [-0.1, -0.05) is 166 Å². The molecule has 0 saturated heterocycles. The van der Waals surface area contributed by atoms with Gasteiger partial charge in [0.1, 0.15) is 0 Å². The van der Waals surface area contributed by atoms with E-state index in [4.69, 9.17) is 23.9 Å². The molecule has 0 radical (unpaired) electrons. The summed E-state index contributed by atoms with van der Waals surface area (Å²) in [5.41, 5.74) is 9.33. The highest BCUT2D eigenvalue weighted by Crippen LogP contribution is 2.43. The highest BCUT2D eigenvalue weighted by atomic mass is 79.9. The maximum atomic E-state index is 13.2. The molecule has 0 aliphatic carbocycles. The van der Waals surface area contributed by atoms with E-state index in [0.29, 0.717) is 39.9 Å². The highest BCUT2D eigenvalue weighted by Gasteiger charge is 2.38. The zero-order valence-electron chi connectivity index (χ0n) is 52.2. The summed E-state index contributed by atoms with van der Waals surface area (Å²) >= 11 is 3.43. The molecule has 3 aliphatic rings. The smallest absolute Gasteiger partial charge is 0.373 e. The van der Waals surface area contributed by atoms with E-state index in [0.717, 1.165) is 99.1 Å². The summed E-state index contributed by atoms with van der Waals surface area (Å²) in [6.07, 6.45) is 14.5. The predicted octanol–water partition coefficient (Wildman–Crippen LogP) is 12.4. The lowest BCUT2D eigenvalue weighted by Crippen LogP contribution is -2.26. The Morgan fingerprint density at radius 3 is 1.11 bits per heavy atom. The number of hydrogen-bond acceptors (Lipinski definition) is 15. The Hall–Kier alpha value is -6.84. The Labute approximate surface area is 535 Å². The minimum absolute atomic E-state index is 0.122. The lowest BCUT2D eigenvalue weighted by atomic mass is 9.96. The van der Waals surface area contributed by atoms with E-state index in [1.807, 2.05) is 123 Å². The second-order valence-electron chi connectivity index (χ2n) is 21.8. The van der Waals surface area contributed by atoms with Crippen LogP contribution in [0.25, 0.3) is 0 Å². The Balaban J connectivity index is 0.000000232. The third-order valence-electron chi connectivity index (χ3n) is 15.6. The first-order valence-corrected chi connectivity index (χ1v) is 35.3. The zero-order valence-corrected chi connectivity index (χ0v) is 56.3.